The van der Waals surface area contributed by atoms with Crippen molar-refractivity contribution in [3.8, 4) is 0 Å². The van der Waals surface area contributed by atoms with E-state index in [9.17, 15) is 9.59 Å². The minimum absolute atomic E-state index is 0.0611. The molecule has 0 aliphatic rings. The normalized spacial score (nSPS) is 11.1. The molecule has 0 saturated heterocycles. The van der Waals surface area contributed by atoms with Gasteiger partial charge in [-0.1, -0.05) is 12.1 Å². The van der Waals surface area contributed by atoms with Crippen molar-refractivity contribution in [1.82, 2.24) is 0 Å². The molecule has 1 amide bonds. The van der Waals surface area contributed by atoms with Gasteiger partial charge in [-0.05, 0) is 52.3 Å². The van der Waals surface area contributed by atoms with Crippen LogP contribution in [0.5, 0.6) is 0 Å². The van der Waals surface area contributed by atoms with Crippen molar-refractivity contribution in [2.45, 2.75) is 53.1 Å². The van der Waals surface area contributed by atoms with Gasteiger partial charge in [-0.3, -0.25) is 9.59 Å². The summed E-state index contributed by atoms with van der Waals surface area (Å²) in [6.45, 7) is 9.94. The van der Waals surface area contributed by atoms with Gasteiger partial charge >= 0.3 is 5.97 Å². The van der Waals surface area contributed by atoms with Crippen LogP contribution in [0.3, 0.4) is 0 Å². The first kappa shape index (κ1) is 17.2. The average molecular weight is 291 g/mol. The molecule has 0 fully saturated rings. The summed E-state index contributed by atoms with van der Waals surface area (Å²) in [5, 5.41) is 0. The van der Waals surface area contributed by atoms with Gasteiger partial charge in [-0.25, -0.2) is 0 Å². The van der Waals surface area contributed by atoms with Crippen LogP contribution < -0.4 is 4.90 Å². The number of aryl methyl sites for hydroxylation is 1. The topological polar surface area (TPSA) is 46.6 Å². The Morgan fingerprint density at radius 3 is 2.38 bits per heavy atom. The van der Waals surface area contributed by atoms with Crippen LogP contribution >= 0.6 is 0 Å². The number of anilines is 1. The van der Waals surface area contributed by atoms with Crippen LogP contribution in [0, 0.1) is 6.92 Å². The third-order valence-electron chi connectivity index (χ3n) is 2.89. The lowest BCUT2D eigenvalue weighted by Gasteiger charge is -2.22. The average Bonchev–Trinajstić information content (AvgIpc) is 2.35. The highest BCUT2D eigenvalue weighted by atomic mass is 16.6. The Balaban J connectivity index is 2.62. The second-order valence-corrected chi connectivity index (χ2v) is 6.06. The molecule has 0 aromatic heterocycles. The predicted molar refractivity (Wildman–Crippen MR) is 84.3 cm³/mol. The highest BCUT2D eigenvalue weighted by molar-refractivity contribution is 5.94. The first-order chi connectivity index (χ1) is 9.73. The molecule has 0 heterocycles. The standard InChI is InChI=1S/C17H25NO3/c1-6-18(14-9-7-8-13(2)12-14)15(19)10-11-16(20)21-17(3,4)5/h7-9,12H,6,10-11H2,1-5H3. The Bertz CT molecular complexity index is 503. The molecule has 1 aromatic carbocycles. The molecule has 0 atom stereocenters. The van der Waals surface area contributed by atoms with Crippen molar-refractivity contribution < 1.29 is 14.3 Å². The van der Waals surface area contributed by atoms with E-state index in [4.69, 9.17) is 4.74 Å². The number of nitrogens with zero attached hydrogens (tertiary/aromatic N) is 1. The third-order valence-corrected chi connectivity index (χ3v) is 2.89. The van der Waals surface area contributed by atoms with E-state index in [1.54, 1.807) is 4.90 Å². The van der Waals surface area contributed by atoms with Crippen LogP contribution in [0.2, 0.25) is 0 Å². The molecule has 0 spiro atoms. The second-order valence-electron chi connectivity index (χ2n) is 6.06. The van der Waals surface area contributed by atoms with Crippen LogP contribution in [0.25, 0.3) is 0 Å². The summed E-state index contributed by atoms with van der Waals surface area (Å²) in [7, 11) is 0. The molecule has 0 bridgehead atoms. The fourth-order valence-corrected chi connectivity index (χ4v) is 2.04. The zero-order valence-corrected chi connectivity index (χ0v) is 13.6. The second kappa shape index (κ2) is 7.25. The number of esters is 1. The highest BCUT2D eigenvalue weighted by Gasteiger charge is 2.19. The molecule has 4 heteroatoms. The highest BCUT2D eigenvalue weighted by Crippen LogP contribution is 2.17. The fourth-order valence-electron chi connectivity index (χ4n) is 2.04. The van der Waals surface area contributed by atoms with E-state index in [1.165, 1.54) is 0 Å². The number of hydrogen-bond acceptors (Lipinski definition) is 3. The van der Waals surface area contributed by atoms with Gasteiger partial charge in [-0.2, -0.15) is 0 Å². The SMILES string of the molecule is CCN(C(=O)CCC(=O)OC(C)(C)C)c1cccc(C)c1. The molecular formula is C17H25NO3. The first-order valence-corrected chi connectivity index (χ1v) is 7.32. The molecule has 0 saturated carbocycles. The minimum Gasteiger partial charge on any atom is -0.460 e. The molecule has 0 unspecified atom stereocenters. The summed E-state index contributed by atoms with van der Waals surface area (Å²) in [6.07, 6.45) is 0.273. The van der Waals surface area contributed by atoms with Gasteiger partial charge in [0, 0.05) is 18.7 Å². The zero-order valence-electron chi connectivity index (χ0n) is 13.6. The van der Waals surface area contributed by atoms with E-state index < -0.39 is 5.60 Å². The number of carbonyl (C=O) groups excluding carboxylic acids is 2. The number of amides is 1. The van der Waals surface area contributed by atoms with E-state index in [0.29, 0.717) is 6.54 Å². The fraction of sp³-hybridized carbons (Fsp3) is 0.529. The predicted octanol–water partition coefficient (Wildman–Crippen LogP) is 3.47. The molecule has 0 N–H and O–H groups in total. The van der Waals surface area contributed by atoms with Crippen molar-refractivity contribution in [2.24, 2.45) is 0 Å². The van der Waals surface area contributed by atoms with E-state index >= 15 is 0 Å². The summed E-state index contributed by atoms with van der Waals surface area (Å²) < 4.78 is 5.22. The van der Waals surface area contributed by atoms with Crippen molar-refractivity contribution in [2.75, 3.05) is 11.4 Å². The zero-order chi connectivity index (χ0) is 16.0. The molecular weight excluding hydrogens is 266 g/mol. The Morgan fingerprint density at radius 1 is 1.19 bits per heavy atom. The molecule has 0 radical (unpaired) electrons. The molecule has 0 aliphatic carbocycles. The van der Waals surface area contributed by atoms with Gasteiger partial charge in [0.15, 0.2) is 0 Å². The van der Waals surface area contributed by atoms with Gasteiger partial charge < -0.3 is 9.64 Å². The third kappa shape index (κ3) is 5.98. The molecule has 0 aliphatic heterocycles. The van der Waals surface area contributed by atoms with Gasteiger partial charge in [0.05, 0.1) is 6.42 Å². The quantitative estimate of drug-likeness (QED) is 0.780. The number of benzene rings is 1. The van der Waals surface area contributed by atoms with Gasteiger partial charge in [0.2, 0.25) is 5.91 Å². The molecule has 21 heavy (non-hydrogen) atoms. The molecule has 4 nitrogen and oxygen atoms in total. The number of ether oxygens (including phenoxy) is 1. The largest absolute Gasteiger partial charge is 0.460 e. The van der Waals surface area contributed by atoms with E-state index in [0.717, 1.165) is 11.3 Å². The Labute approximate surface area is 127 Å². The van der Waals surface area contributed by atoms with Gasteiger partial charge in [-0.15, -0.1) is 0 Å². The number of hydrogen-bond donors (Lipinski definition) is 0. The monoisotopic (exact) mass is 291 g/mol. The minimum atomic E-state index is -0.513. The van der Waals surface area contributed by atoms with Crippen LogP contribution in [-0.2, 0) is 14.3 Å². The lowest BCUT2D eigenvalue weighted by Crippen LogP contribution is -2.31. The van der Waals surface area contributed by atoms with Crippen LogP contribution in [0.1, 0.15) is 46.1 Å². The molecule has 1 rings (SSSR count). The van der Waals surface area contributed by atoms with E-state index in [1.807, 2.05) is 58.9 Å². The Morgan fingerprint density at radius 2 is 1.86 bits per heavy atom. The molecule has 1 aromatic rings. The summed E-state index contributed by atoms with van der Waals surface area (Å²) in [4.78, 5) is 25.6. The van der Waals surface area contributed by atoms with Crippen LogP contribution in [0.4, 0.5) is 5.69 Å². The summed E-state index contributed by atoms with van der Waals surface area (Å²) in [5.41, 5.74) is 1.46. The number of carbonyl (C=O) groups is 2. The van der Waals surface area contributed by atoms with Crippen molar-refractivity contribution >= 4 is 17.6 Å². The van der Waals surface area contributed by atoms with Crippen LogP contribution in [-0.4, -0.2) is 24.0 Å². The smallest absolute Gasteiger partial charge is 0.306 e. The van der Waals surface area contributed by atoms with Crippen molar-refractivity contribution in [1.29, 1.82) is 0 Å². The van der Waals surface area contributed by atoms with Crippen molar-refractivity contribution in [3.05, 3.63) is 29.8 Å². The Hall–Kier alpha value is -1.84. The maximum absolute atomic E-state index is 12.3. The van der Waals surface area contributed by atoms with Gasteiger partial charge in [0.1, 0.15) is 5.60 Å². The first-order valence-electron chi connectivity index (χ1n) is 7.32. The summed E-state index contributed by atoms with van der Waals surface area (Å²) >= 11 is 0. The molecule has 116 valence electrons. The van der Waals surface area contributed by atoms with Gasteiger partial charge in [0.25, 0.3) is 0 Å². The Kier molecular flexibility index (Phi) is 5.94. The van der Waals surface area contributed by atoms with E-state index in [-0.39, 0.29) is 24.7 Å². The van der Waals surface area contributed by atoms with Crippen LogP contribution in [0.15, 0.2) is 24.3 Å². The maximum Gasteiger partial charge on any atom is 0.306 e. The maximum atomic E-state index is 12.3. The summed E-state index contributed by atoms with van der Waals surface area (Å²) in [5.74, 6) is -0.398. The number of rotatable bonds is 5. The lowest BCUT2D eigenvalue weighted by molar-refractivity contribution is -0.155. The van der Waals surface area contributed by atoms with E-state index in [2.05, 4.69) is 0 Å². The summed E-state index contributed by atoms with van der Waals surface area (Å²) in [6, 6.07) is 7.79. The van der Waals surface area contributed by atoms with Crippen molar-refractivity contribution in [3.63, 3.8) is 0 Å². The lowest BCUT2D eigenvalue weighted by atomic mass is 10.1.